The number of amides is 1. The van der Waals surface area contributed by atoms with Crippen LogP contribution in [0.3, 0.4) is 0 Å². The Hall–Kier alpha value is -2.40. The molecule has 0 saturated carbocycles. The van der Waals surface area contributed by atoms with Crippen molar-refractivity contribution in [2.24, 2.45) is 0 Å². The molecular formula is C17H17NO3S. The van der Waals surface area contributed by atoms with Gasteiger partial charge in [0.1, 0.15) is 5.00 Å². The lowest BCUT2D eigenvalue weighted by atomic mass is 10.2. The van der Waals surface area contributed by atoms with Crippen LogP contribution in [0.1, 0.15) is 27.7 Å². The van der Waals surface area contributed by atoms with Crippen LogP contribution in [0.4, 0.5) is 5.00 Å². The van der Waals surface area contributed by atoms with Crippen molar-refractivity contribution in [3.05, 3.63) is 58.5 Å². The van der Waals surface area contributed by atoms with Gasteiger partial charge in [0.15, 0.2) is 0 Å². The van der Waals surface area contributed by atoms with Crippen molar-refractivity contribution in [1.82, 2.24) is 0 Å². The van der Waals surface area contributed by atoms with Crippen molar-refractivity contribution >= 4 is 34.3 Å². The van der Waals surface area contributed by atoms with Gasteiger partial charge in [0, 0.05) is 11.0 Å². The van der Waals surface area contributed by atoms with Gasteiger partial charge in [-0.3, -0.25) is 4.79 Å². The molecule has 114 valence electrons. The molecule has 4 nitrogen and oxygen atoms in total. The zero-order valence-electron chi connectivity index (χ0n) is 12.5. The van der Waals surface area contributed by atoms with E-state index in [2.05, 4.69) is 5.32 Å². The van der Waals surface area contributed by atoms with E-state index in [0.29, 0.717) is 17.2 Å². The largest absolute Gasteiger partial charge is 0.462 e. The number of rotatable bonds is 5. The van der Waals surface area contributed by atoms with Gasteiger partial charge in [0.25, 0.3) is 0 Å². The molecule has 0 fully saturated rings. The molecule has 2 rings (SSSR count). The zero-order chi connectivity index (χ0) is 15.9. The van der Waals surface area contributed by atoms with E-state index in [1.54, 1.807) is 19.1 Å². The third kappa shape index (κ3) is 4.30. The van der Waals surface area contributed by atoms with Crippen LogP contribution in [0.25, 0.3) is 6.08 Å². The predicted octanol–water partition coefficient (Wildman–Crippen LogP) is 3.89. The summed E-state index contributed by atoms with van der Waals surface area (Å²) in [5, 5.41) is 3.25. The highest BCUT2D eigenvalue weighted by molar-refractivity contribution is 7.16. The minimum atomic E-state index is -0.422. The molecule has 5 heteroatoms. The Morgan fingerprint density at radius 2 is 2.00 bits per heavy atom. The van der Waals surface area contributed by atoms with Gasteiger partial charge in [-0.25, -0.2) is 4.79 Å². The standard InChI is InChI=1S/C17H17NO3S/c1-3-21-17(20)14-11-12(2)22-16(14)18-15(19)10-9-13-7-5-4-6-8-13/h4-11H,3H2,1-2H3,(H,18,19)/b10-9+. The molecule has 0 atom stereocenters. The first-order valence-corrected chi connectivity index (χ1v) is 7.73. The van der Waals surface area contributed by atoms with Gasteiger partial charge in [-0.05, 0) is 31.6 Å². The average Bonchev–Trinajstić information content (AvgIpc) is 2.87. The minimum Gasteiger partial charge on any atom is -0.462 e. The van der Waals surface area contributed by atoms with E-state index in [-0.39, 0.29) is 5.91 Å². The fraction of sp³-hybridized carbons (Fsp3) is 0.176. The first-order chi connectivity index (χ1) is 10.6. The summed E-state index contributed by atoms with van der Waals surface area (Å²) in [6, 6.07) is 11.3. The summed E-state index contributed by atoms with van der Waals surface area (Å²) < 4.78 is 4.99. The van der Waals surface area contributed by atoms with Gasteiger partial charge >= 0.3 is 5.97 Å². The van der Waals surface area contributed by atoms with Crippen LogP contribution >= 0.6 is 11.3 Å². The SMILES string of the molecule is CCOC(=O)c1cc(C)sc1NC(=O)/C=C/c1ccccc1. The van der Waals surface area contributed by atoms with Crippen molar-refractivity contribution in [1.29, 1.82) is 0 Å². The van der Waals surface area contributed by atoms with Crippen LogP contribution in [0.5, 0.6) is 0 Å². The fourth-order valence-corrected chi connectivity index (χ4v) is 2.76. The number of nitrogens with one attached hydrogen (secondary N) is 1. The molecule has 0 aliphatic carbocycles. The smallest absolute Gasteiger partial charge is 0.341 e. The van der Waals surface area contributed by atoms with Crippen molar-refractivity contribution in [3.63, 3.8) is 0 Å². The first-order valence-electron chi connectivity index (χ1n) is 6.92. The Morgan fingerprint density at radius 1 is 1.27 bits per heavy atom. The Bertz CT molecular complexity index is 689. The molecule has 2 aromatic rings. The van der Waals surface area contributed by atoms with Crippen LogP contribution in [0.2, 0.25) is 0 Å². The minimum absolute atomic E-state index is 0.281. The average molecular weight is 315 g/mol. The summed E-state index contributed by atoms with van der Waals surface area (Å²) in [5.41, 5.74) is 1.33. The lowest BCUT2D eigenvalue weighted by Crippen LogP contribution is -2.11. The van der Waals surface area contributed by atoms with Gasteiger partial charge in [-0.2, -0.15) is 0 Å². The van der Waals surface area contributed by atoms with Crippen molar-refractivity contribution in [3.8, 4) is 0 Å². The molecule has 1 aromatic carbocycles. The molecule has 0 saturated heterocycles. The highest BCUT2D eigenvalue weighted by atomic mass is 32.1. The van der Waals surface area contributed by atoms with Crippen molar-refractivity contribution in [2.45, 2.75) is 13.8 Å². The Balaban J connectivity index is 2.08. The summed E-state index contributed by atoms with van der Waals surface area (Å²) in [4.78, 5) is 24.8. The maximum atomic E-state index is 12.0. The molecule has 0 aliphatic heterocycles. The normalized spacial score (nSPS) is 10.6. The summed E-state index contributed by atoms with van der Waals surface area (Å²) in [5.74, 6) is -0.703. The molecule has 0 aliphatic rings. The third-order valence-corrected chi connectivity index (χ3v) is 3.78. The van der Waals surface area contributed by atoms with Gasteiger partial charge in [0.2, 0.25) is 5.91 Å². The Kier molecular flexibility index (Phi) is 5.49. The van der Waals surface area contributed by atoms with Crippen LogP contribution in [0.15, 0.2) is 42.5 Å². The van der Waals surface area contributed by atoms with Crippen molar-refractivity contribution < 1.29 is 14.3 Å². The number of esters is 1. The predicted molar refractivity (Wildman–Crippen MR) is 89.1 cm³/mol. The number of carbonyl (C=O) groups is 2. The molecule has 0 bridgehead atoms. The van der Waals surface area contributed by atoms with E-state index < -0.39 is 5.97 Å². The number of aryl methyl sites for hydroxylation is 1. The highest BCUT2D eigenvalue weighted by Crippen LogP contribution is 2.28. The van der Waals surface area contributed by atoms with E-state index in [1.165, 1.54) is 17.4 Å². The van der Waals surface area contributed by atoms with Crippen LogP contribution in [-0.2, 0) is 9.53 Å². The second-order valence-electron chi connectivity index (χ2n) is 4.55. The lowest BCUT2D eigenvalue weighted by Gasteiger charge is -2.03. The number of benzene rings is 1. The molecule has 0 radical (unpaired) electrons. The molecule has 0 unspecified atom stereocenters. The second kappa shape index (κ2) is 7.56. The number of anilines is 1. The monoisotopic (exact) mass is 315 g/mol. The van der Waals surface area contributed by atoms with E-state index in [0.717, 1.165) is 10.4 Å². The quantitative estimate of drug-likeness (QED) is 0.673. The fourth-order valence-electron chi connectivity index (χ4n) is 1.86. The zero-order valence-corrected chi connectivity index (χ0v) is 13.3. The lowest BCUT2D eigenvalue weighted by molar-refractivity contribution is -0.111. The van der Waals surface area contributed by atoms with Gasteiger partial charge in [0.05, 0.1) is 12.2 Å². The first kappa shape index (κ1) is 16.0. The number of carbonyl (C=O) groups excluding carboxylic acids is 2. The van der Waals surface area contributed by atoms with Crippen molar-refractivity contribution in [2.75, 3.05) is 11.9 Å². The summed E-state index contributed by atoms with van der Waals surface area (Å²) in [6.07, 6.45) is 3.17. The molecule has 22 heavy (non-hydrogen) atoms. The van der Waals surface area contributed by atoms with Crippen LogP contribution in [-0.4, -0.2) is 18.5 Å². The van der Waals surface area contributed by atoms with Gasteiger partial charge in [-0.1, -0.05) is 30.3 Å². The van der Waals surface area contributed by atoms with E-state index in [1.807, 2.05) is 37.3 Å². The number of hydrogen-bond acceptors (Lipinski definition) is 4. The number of hydrogen-bond donors (Lipinski definition) is 1. The maximum Gasteiger partial charge on any atom is 0.341 e. The Labute approximate surface area is 133 Å². The van der Waals surface area contributed by atoms with E-state index >= 15 is 0 Å². The van der Waals surface area contributed by atoms with E-state index in [4.69, 9.17) is 4.74 Å². The van der Waals surface area contributed by atoms with E-state index in [9.17, 15) is 9.59 Å². The molecule has 0 spiro atoms. The second-order valence-corrected chi connectivity index (χ2v) is 5.81. The summed E-state index contributed by atoms with van der Waals surface area (Å²) in [6.45, 7) is 3.93. The molecule has 1 amide bonds. The van der Waals surface area contributed by atoms with Crippen LogP contribution < -0.4 is 5.32 Å². The summed E-state index contributed by atoms with van der Waals surface area (Å²) >= 11 is 1.35. The third-order valence-electron chi connectivity index (χ3n) is 2.81. The van der Waals surface area contributed by atoms with Gasteiger partial charge in [-0.15, -0.1) is 11.3 Å². The number of thiophene rings is 1. The molecule has 1 N–H and O–H groups in total. The molecule has 1 heterocycles. The van der Waals surface area contributed by atoms with Gasteiger partial charge < -0.3 is 10.1 Å². The summed E-state index contributed by atoms with van der Waals surface area (Å²) in [7, 11) is 0. The molecular weight excluding hydrogens is 298 g/mol. The topological polar surface area (TPSA) is 55.4 Å². The maximum absolute atomic E-state index is 12.0. The van der Waals surface area contributed by atoms with Crippen LogP contribution in [0, 0.1) is 6.92 Å². The highest BCUT2D eigenvalue weighted by Gasteiger charge is 2.17. The Morgan fingerprint density at radius 3 is 2.68 bits per heavy atom. The molecule has 1 aromatic heterocycles. The number of ether oxygens (including phenoxy) is 1.